The number of hydrogen-bond acceptors (Lipinski definition) is 5. The van der Waals surface area contributed by atoms with Crippen molar-refractivity contribution >= 4 is 28.1 Å². The SMILES string of the molecule is COc1cccc(/C=N\NC(=O)c2ccn(Cc3cccc(Br)c3)n2)c1O. The molecule has 0 saturated carbocycles. The number of para-hydroxylation sites is 1. The lowest BCUT2D eigenvalue weighted by Crippen LogP contribution is -2.18. The van der Waals surface area contributed by atoms with Gasteiger partial charge in [-0.05, 0) is 35.9 Å². The molecule has 0 radical (unpaired) electrons. The number of aromatic hydroxyl groups is 1. The Kier molecular flexibility index (Phi) is 5.87. The van der Waals surface area contributed by atoms with Crippen molar-refractivity contribution in [3.63, 3.8) is 0 Å². The van der Waals surface area contributed by atoms with Crippen molar-refractivity contribution in [1.29, 1.82) is 0 Å². The third-order valence-corrected chi connectivity index (χ3v) is 4.22. The molecule has 0 aliphatic carbocycles. The zero-order valence-electron chi connectivity index (χ0n) is 14.5. The van der Waals surface area contributed by atoms with Crippen molar-refractivity contribution in [1.82, 2.24) is 15.2 Å². The van der Waals surface area contributed by atoms with Crippen LogP contribution in [0, 0.1) is 0 Å². The summed E-state index contributed by atoms with van der Waals surface area (Å²) in [6, 6.07) is 14.5. The second-order valence-electron chi connectivity index (χ2n) is 5.63. The van der Waals surface area contributed by atoms with E-state index in [1.54, 1.807) is 35.1 Å². The first-order valence-corrected chi connectivity index (χ1v) is 8.83. The van der Waals surface area contributed by atoms with Crippen LogP contribution in [0.1, 0.15) is 21.6 Å². The smallest absolute Gasteiger partial charge is 0.291 e. The van der Waals surface area contributed by atoms with Crippen LogP contribution < -0.4 is 10.2 Å². The number of ether oxygens (including phenoxy) is 1. The Balaban J connectivity index is 1.63. The number of phenolic OH excluding ortho intramolecular Hbond substituents is 1. The van der Waals surface area contributed by atoms with Crippen LogP contribution in [-0.4, -0.2) is 34.1 Å². The zero-order valence-corrected chi connectivity index (χ0v) is 16.0. The van der Waals surface area contributed by atoms with E-state index in [0.29, 0.717) is 17.9 Å². The molecule has 7 nitrogen and oxygen atoms in total. The van der Waals surface area contributed by atoms with Crippen molar-refractivity contribution in [2.75, 3.05) is 7.11 Å². The number of hydrogen-bond donors (Lipinski definition) is 2. The molecule has 27 heavy (non-hydrogen) atoms. The van der Waals surface area contributed by atoms with Gasteiger partial charge >= 0.3 is 0 Å². The first-order chi connectivity index (χ1) is 13.1. The van der Waals surface area contributed by atoms with E-state index in [1.807, 2.05) is 24.3 Å². The predicted octanol–water partition coefficient (Wildman–Crippen LogP) is 3.17. The van der Waals surface area contributed by atoms with Crippen LogP contribution in [-0.2, 0) is 6.54 Å². The summed E-state index contributed by atoms with van der Waals surface area (Å²) in [5.41, 5.74) is 4.13. The molecule has 1 amide bonds. The van der Waals surface area contributed by atoms with Gasteiger partial charge in [0.25, 0.3) is 5.91 Å². The van der Waals surface area contributed by atoms with E-state index in [9.17, 15) is 9.90 Å². The highest BCUT2D eigenvalue weighted by Gasteiger charge is 2.09. The fraction of sp³-hybridized carbons (Fsp3) is 0.105. The van der Waals surface area contributed by atoms with Gasteiger partial charge in [-0.15, -0.1) is 0 Å². The predicted molar refractivity (Wildman–Crippen MR) is 105 cm³/mol. The molecule has 0 spiro atoms. The molecule has 0 saturated heterocycles. The minimum atomic E-state index is -0.443. The van der Waals surface area contributed by atoms with Gasteiger partial charge in [-0.3, -0.25) is 9.48 Å². The Labute approximate surface area is 164 Å². The van der Waals surface area contributed by atoms with Crippen LogP contribution in [0.4, 0.5) is 0 Å². The van der Waals surface area contributed by atoms with Gasteiger partial charge in [0.2, 0.25) is 0 Å². The minimum absolute atomic E-state index is 0.0451. The normalized spacial score (nSPS) is 10.9. The average Bonchev–Trinajstić information content (AvgIpc) is 3.11. The highest BCUT2D eigenvalue weighted by Crippen LogP contribution is 2.27. The maximum absolute atomic E-state index is 12.2. The molecule has 0 aliphatic heterocycles. The first kappa shape index (κ1) is 18.7. The number of carbonyl (C=O) groups is 1. The molecule has 2 N–H and O–H groups in total. The van der Waals surface area contributed by atoms with Crippen LogP contribution in [0.3, 0.4) is 0 Å². The fourth-order valence-electron chi connectivity index (χ4n) is 2.42. The third kappa shape index (κ3) is 4.73. The Morgan fingerprint density at radius 3 is 2.93 bits per heavy atom. The number of nitrogens with zero attached hydrogens (tertiary/aromatic N) is 3. The highest BCUT2D eigenvalue weighted by molar-refractivity contribution is 9.10. The lowest BCUT2D eigenvalue weighted by atomic mass is 10.2. The summed E-state index contributed by atoms with van der Waals surface area (Å²) in [5, 5.41) is 18.1. The highest BCUT2D eigenvalue weighted by atomic mass is 79.9. The molecule has 2 aromatic carbocycles. The molecule has 3 aromatic rings. The summed E-state index contributed by atoms with van der Waals surface area (Å²) in [6.07, 6.45) is 3.07. The molecule has 0 unspecified atom stereocenters. The summed E-state index contributed by atoms with van der Waals surface area (Å²) in [7, 11) is 1.46. The molecule has 0 atom stereocenters. The van der Waals surface area contributed by atoms with E-state index in [0.717, 1.165) is 10.0 Å². The number of hydrazone groups is 1. The molecule has 3 rings (SSSR count). The van der Waals surface area contributed by atoms with Gasteiger partial charge in [-0.1, -0.05) is 34.1 Å². The first-order valence-electron chi connectivity index (χ1n) is 8.04. The summed E-state index contributed by atoms with van der Waals surface area (Å²) < 4.78 is 7.69. The van der Waals surface area contributed by atoms with Gasteiger partial charge < -0.3 is 9.84 Å². The second-order valence-corrected chi connectivity index (χ2v) is 6.54. The lowest BCUT2D eigenvalue weighted by Gasteiger charge is -2.04. The Bertz CT molecular complexity index is 985. The van der Waals surface area contributed by atoms with Crippen LogP contribution in [0.2, 0.25) is 0 Å². The van der Waals surface area contributed by atoms with E-state index in [2.05, 4.69) is 31.6 Å². The average molecular weight is 429 g/mol. The summed E-state index contributed by atoms with van der Waals surface area (Å²) in [4.78, 5) is 12.2. The van der Waals surface area contributed by atoms with Gasteiger partial charge in [0.1, 0.15) is 0 Å². The lowest BCUT2D eigenvalue weighted by molar-refractivity contribution is 0.0949. The van der Waals surface area contributed by atoms with Crippen LogP contribution >= 0.6 is 15.9 Å². The van der Waals surface area contributed by atoms with Gasteiger partial charge in [0.15, 0.2) is 17.2 Å². The van der Waals surface area contributed by atoms with Gasteiger partial charge in [-0.25, -0.2) is 5.43 Å². The van der Waals surface area contributed by atoms with Crippen LogP contribution in [0.5, 0.6) is 11.5 Å². The van der Waals surface area contributed by atoms with E-state index >= 15 is 0 Å². The number of benzene rings is 2. The molecule has 8 heteroatoms. The maximum atomic E-state index is 12.2. The monoisotopic (exact) mass is 428 g/mol. The number of nitrogens with one attached hydrogen (secondary N) is 1. The Hall–Kier alpha value is -3.13. The van der Waals surface area contributed by atoms with Crippen molar-refractivity contribution in [3.05, 3.63) is 76.0 Å². The summed E-state index contributed by atoms with van der Waals surface area (Å²) in [5.74, 6) is -0.158. The number of carbonyl (C=O) groups excluding carboxylic acids is 1. The van der Waals surface area contributed by atoms with Gasteiger partial charge in [0, 0.05) is 16.2 Å². The quantitative estimate of drug-likeness (QED) is 0.466. The van der Waals surface area contributed by atoms with E-state index in [1.165, 1.54) is 13.3 Å². The van der Waals surface area contributed by atoms with Crippen molar-refractivity contribution in [2.24, 2.45) is 5.10 Å². The van der Waals surface area contributed by atoms with Crippen molar-refractivity contribution in [3.8, 4) is 11.5 Å². The number of aromatic nitrogens is 2. The molecule has 0 aliphatic rings. The number of rotatable bonds is 6. The van der Waals surface area contributed by atoms with Crippen molar-refractivity contribution in [2.45, 2.75) is 6.54 Å². The number of phenols is 1. The largest absolute Gasteiger partial charge is 0.504 e. The molecular weight excluding hydrogens is 412 g/mol. The fourth-order valence-corrected chi connectivity index (χ4v) is 2.87. The summed E-state index contributed by atoms with van der Waals surface area (Å²) >= 11 is 3.43. The van der Waals surface area contributed by atoms with Crippen molar-refractivity contribution < 1.29 is 14.6 Å². The Morgan fingerprint density at radius 2 is 2.15 bits per heavy atom. The molecule has 0 bridgehead atoms. The van der Waals surface area contributed by atoms with E-state index < -0.39 is 5.91 Å². The number of halogens is 1. The van der Waals surface area contributed by atoms with E-state index in [4.69, 9.17) is 4.74 Å². The number of methoxy groups -OCH3 is 1. The van der Waals surface area contributed by atoms with E-state index in [-0.39, 0.29) is 11.4 Å². The molecular formula is C19H17BrN4O3. The van der Waals surface area contributed by atoms with Crippen LogP contribution in [0.25, 0.3) is 0 Å². The summed E-state index contributed by atoms with van der Waals surface area (Å²) in [6.45, 7) is 0.549. The molecule has 1 heterocycles. The number of amides is 1. The topological polar surface area (TPSA) is 88.7 Å². The molecule has 0 fully saturated rings. The third-order valence-electron chi connectivity index (χ3n) is 3.73. The molecule has 1 aromatic heterocycles. The standard InChI is InChI=1S/C19H17BrN4O3/c1-27-17-7-3-5-14(18(17)25)11-21-22-19(26)16-8-9-24(23-16)12-13-4-2-6-15(20)10-13/h2-11,25H,12H2,1H3,(H,22,26)/b21-11-. The minimum Gasteiger partial charge on any atom is -0.504 e. The van der Waals surface area contributed by atoms with Gasteiger partial charge in [0.05, 0.1) is 19.9 Å². The van der Waals surface area contributed by atoms with Gasteiger partial charge in [-0.2, -0.15) is 10.2 Å². The zero-order chi connectivity index (χ0) is 19.2. The Morgan fingerprint density at radius 1 is 1.33 bits per heavy atom. The van der Waals surface area contributed by atoms with Crippen LogP contribution in [0.15, 0.2) is 64.3 Å². The molecule has 138 valence electrons. The second kappa shape index (κ2) is 8.50. The maximum Gasteiger partial charge on any atom is 0.291 e.